The van der Waals surface area contributed by atoms with Crippen LogP contribution in [0, 0.1) is 17.1 Å². The van der Waals surface area contributed by atoms with E-state index in [1.807, 2.05) is 6.07 Å². The van der Waals surface area contributed by atoms with Gasteiger partial charge in [-0.2, -0.15) is 5.26 Å². The summed E-state index contributed by atoms with van der Waals surface area (Å²) < 4.78 is 24.5. The minimum absolute atomic E-state index is 0.139. The van der Waals surface area contributed by atoms with Gasteiger partial charge in [0.1, 0.15) is 18.5 Å². The predicted octanol–water partition coefficient (Wildman–Crippen LogP) is 2.51. The summed E-state index contributed by atoms with van der Waals surface area (Å²) in [6, 6.07) is 3.61. The van der Waals surface area contributed by atoms with Gasteiger partial charge >= 0.3 is 5.97 Å². The second-order valence-electron chi connectivity index (χ2n) is 4.45. The lowest BCUT2D eigenvalue weighted by atomic mass is 10.1. The van der Waals surface area contributed by atoms with Crippen LogP contribution in [-0.2, 0) is 27.1 Å². The first-order valence-corrected chi connectivity index (χ1v) is 7.03. The lowest BCUT2D eigenvalue weighted by Crippen LogP contribution is -2.20. The Morgan fingerprint density at radius 1 is 1.60 bits per heavy atom. The first-order valence-electron chi connectivity index (χ1n) is 6.23. The van der Waals surface area contributed by atoms with Crippen molar-refractivity contribution in [2.24, 2.45) is 0 Å². The van der Waals surface area contributed by atoms with E-state index in [2.05, 4.69) is 15.9 Å². The molecule has 0 bridgehead atoms. The summed E-state index contributed by atoms with van der Waals surface area (Å²) in [7, 11) is 0. The second kappa shape index (κ2) is 6.33. The maximum atomic E-state index is 14.1. The van der Waals surface area contributed by atoms with Crippen molar-refractivity contribution in [1.29, 1.82) is 5.26 Å². The number of ether oxygens (including phenoxy) is 2. The molecule has 0 fully saturated rings. The van der Waals surface area contributed by atoms with Crippen molar-refractivity contribution in [3.05, 3.63) is 33.0 Å². The zero-order valence-corrected chi connectivity index (χ0v) is 12.5. The first-order chi connectivity index (χ1) is 9.56. The summed E-state index contributed by atoms with van der Waals surface area (Å²) in [6.07, 6.45) is 0.628. The molecule has 0 saturated carbocycles. The summed E-state index contributed by atoms with van der Waals surface area (Å²) in [4.78, 5) is 11.2. The number of halogens is 2. The number of carbonyl (C=O) groups excluding carboxylic acids is 1. The van der Waals surface area contributed by atoms with Gasteiger partial charge in [-0.15, -0.1) is 0 Å². The van der Waals surface area contributed by atoms with Crippen LogP contribution in [0.25, 0.3) is 0 Å². The number of hydrogen-bond donors (Lipinski definition) is 0. The fourth-order valence-corrected chi connectivity index (χ4v) is 2.69. The minimum Gasteiger partial charge on any atom is -0.464 e. The fraction of sp³-hybridized carbons (Fsp3) is 0.429. The second-order valence-corrected chi connectivity index (χ2v) is 5.24. The van der Waals surface area contributed by atoms with E-state index in [0.29, 0.717) is 25.0 Å². The van der Waals surface area contributed by atoms with Crippen LogP contribution in [0.2, 0.25) is 0 Å². The molecule has 106 valence electrons. The molecule has 1 aliphatic rings. The Morgan fingerprint density at radius 3 is 3.00 bits per heavy atom. The molecule has 6 heteroatoms. The Balaban J connectivity index is 2.06. The molecule has 0 saturated heterocycles. The van der Waals surface area contributed by atoms with Crippen LogP contribution in [0.1, 0.15) is 23.6 Å². The van der Waals surface area contributed by atoms with E-state index in [9.17, 15) is 9.18 Å². The van der Waals surface area contributed by atoms with Gasteiger partial charge in [0.15, 0.2) is 0 Å². The molecule has 0 heterocycles. The molecular weight excluding hydrogens is 329 g/mol. The van der Waals surface area contributed by atoms with Crippen molar-refractivity contribution in [2.75, 3.05) is 13.2 Å². The van der Waals surface area contributed by atoms with Crippen LogP contribution in [-0.4, -0.2) is 25.3 Å². The third-order valence-electron chi connectivity index (χ3n) is 3.14. The molecule has 0 spiro atoms. The van der Waals surface area contributed by atoms with Gasteiger partial charge in [0.05, 0.1) is 22.7 Å². The average Bonchev–Trinajstić information content (AvgIpc) is 2.84. The minimum atomic E-state index is -0.428. The van der Waals surface area contributed by atoms with Crippen LogP contribution < -0.4 is 0 Å². The van der Waals surface area contributed by atoms with Crippen molar-refractivity contribution in [3.8, 4) is 6.07 Å². The highest BCUT2D eigenvalue weighted by Gasteiger charge is 2.28. The molecule has 0 aromatic heterocycles. The molecule has 0 aliphatic heterocycles. The van der Waals surface area contributed by atoms with Gasteiger partial charge in [-0.05, 0) is 46.5 Å². The molecule has 0 radical (unpaired) electrons. The number of nitrogens with zero attached hydrogens (tertiary/aromatic N) is 1. The van der Waals surface area contributed by atoms with E-state index in [0.717, 1.165) is 5.56 Å². The molecule has 2 rings (SSSR count). The Bertz CT molecular complexity index is 583. The normalized spacial score (nSPS) is 16.6. The Kier molecular flexibility index (Phi) is 4.73. The van der Waals surface area contributed by atoms with Crippen molar-refractivity contribution < 1.29 is 18.7 Å². The van der Waals surface area contributed by atoms with E-state index in [4.69, 9.17) is 14.7 Å². The standard InChI is InChI=1S/C14H13BrFNO3/c1-2-19-12(18)7-20-10-4-8-3-9(6-17)13(15)14(16)11(8)5-10/h3,10H,2,4-5,7H2,1H3. The third kappa shape index (κ3) is 3.00. The Labute approximate surface area is 124 Å². The molecule has 4 nitrogen and oxygen atoms in total. The zero-order valence-electron chi connectivity index (χ0n) is 10.9. The van der Waals surface area contributed by atoms with E-state index < -0.39 is 11.8 Å². The summed E-state index contributed by atoms with van der Waals surface area (Å²) >= 11 is 3.08. The number of carbonyl (C=O) groups is 1. The lowest BCUT2D eigenvalue weighted by molar-refractivity contribution is -0.150. The highest BCUT2D eigenvalue weighted by molar-refractivity contribution is 9.10. The maximum absolute atomic E-state index is 14.1. The van der Waals surface area contributed by atoms with Gasteiger partial charge in [0.2, 0.25) is 0 Å². The molecule has 1 unspecified atom stereocenters. The van der Waals surface area contributed by atoms with Gasteiger partial charge in [0.25, 0.3) is 0 Å². The van der Waals surface area contributed by atoms with Crippen molar-refractivity contribution in [2.45, 2.75) is 25.9 Å². The molecule has 1 atom stereocenters. The van der Waals surface area contributed by atoms with Crippen LogP contribution >= 0.6 is 15.9 Å². The topological polar surface area (TPSA) is 59.3 Å². The van der Waals surface area contributed by atoms with E-state index in [1.165, 1.54) is 0 Å². The number of esters is 1. The van der Waals surface area contributed by atoms with Crippen molar-refractivity contribution in [3.63, 3.8) is 0 Å². The van der Waals surface area contributed by atoms with E-state index >= 15 is 0 Å². The summed E-state index contributed by atoms with van der Waals surface area (Å²) in [5.74, 6) is -0.843. The van der Waals surface area contributed by atoms with Crippen LogP contribution in [0.4, 0.5) is 4.39 Å². The van der Waals surface area contributed by atoms with E-state index in [-0.39, 0.29) is 22.7 Å². The molecule has 1 aromatic carbocycles. The number of hydrogen-bond acceptors (Lipinski definition) is 4. The van der Waals surface area contributed by atoms with Gasteiger partial charge in [-0.3, -0.25) is 0 Å². The summed E-state index contributed by atoms with van der Waals surface area (Å²) in [5.41, 5.74) is 1.58. The van der Waals surface area contributed by atoms with Gasteiger partial charge in [-0.1, -0.05) is 0 Å². The van der Waals surface area contributed by atoms with Crippen LogP contribution in [0.15, 0.2) is 10.5 Å². The molecule has 0 N–H and O–H groups in total. The number of rotatable bonds is 4. The quantitative estimate of drug-likeness (QED) is 0.789. The number of nitriles is 1. The Hall–Kier alpha value is -1.45. The average molecular weight is 342 g/mol. The molecule has 1 aliphatic carbocycles. The lowest BCUT2D eigenvalue weighted by Gasteiger charge is -2.10. The molecule has 1 aromatic rings. The Morgan fingerprint density at radius 2 is 2.35 bits per heavy atom. The molecule has 0 amide bonds. The third-order valence-corrected chi connectivity index (χ3v) is 3.92. The van der Waals surface area contributed by atoms with Gasteiger partial charge in [-0.25, -0.2) is 9.18 Å². The summed E-state index contributed by atoms with van der Waals surface area (Å²) in [6.45, 7) is 1.89. The zero-order chi connectivity index (χ0) is 14.7. The molecule has 20 heavy (non-hydrogen) atoms. The highest BCUT2D eigenvalue weighted by Crippen LogP contribution is 2.33. The van der Waals surface area contributed by atoms with E-state index in [1.54, 1.807) is 13.0 Å². The van der Waals surface area contributed by atoms with Gasteiger partial charge in [0, 0.05) is 6.42 Å². The molecular formula is C14H13BrFNO3. The number of fused-ring (bicyclic) bond motifs is 1. The van der Waals surface area contributed by atoms with Crippen LogP contribution in [0.3, 0.4) is 0 Å². The van der Waals surface area contributed by atoms with Crippen molar-refractivity contribution >= 4 is 21.9 Å². The largest absolute Gasteiger partial charge is 0.464 e. The van der Waals surface area contributed by atoms with Crippen LogP contribution in [0.5, 0.6) is 0 Å². The summed E-state index contributed by atoms with van der Waals surface area (Å²) in [5, 5.41) is 8.94. The highest BCUT2D eigenvalue weighted by atomic mass is 79.9. The first kappa shape index (κ1) is 14.9. The smallest absolute Gasteiger partial charge is 0.332 e. The predicted molar refractivity (Wildman–Crippen MR) is 72.6 cm³/mol. The van der Waals surface area contributed by atoms with Crippen molar-refractivity contribution in [1.82, 2.24) is 0 Å². The van der Waals surface area contributed by atoms with Gasteiger partial charge < -0.3 is 9.47 Å². The maximum Gasteiger partial charge on any atom is 0.332 e. The monoisotopic (exact) mass is 341 g/mol. The SMILES string of the molecule is CCOC(=O)COC1Cc2cc(C#N)c(Br)c(F)c2C1. The fourth-order valence-electron chi connectivity index (χ4n) is 2.25. The number of benzene rings is 1.